The Morgan fingerprint density at radius 1 is 1.50 bits per heavy atom. The van der Waals surface area contributed by atoms with Crippen molar-refractivity contribution in [3.05, 3.63) is 11.2 Å². The van der Waals surface area contributed by atoms with Crippen molar-refractivity contribution in [3.63, 3.8) is 0 Å². The largest absolute Gasteiger partial charge is 0.464 e. The van der Waals surface area contributed by atoms with E-state index in [1.165, 1.54) is 12.6 Å². The average Bonchev–Trinajstić information content (AvgIpc) is 2.90. The van der Waals surface area contributed by atoms with E-state index in [9.17, 15) is 13.2 Å². The lowest BCUT2D eigenvalue weighted by atomic mass is 9.92. The molecule has 1 aromatic heterocycles. The van der Waals surface area contributed by atoms with Crippen LogP contribution in [-0.4, -0.2) is 38.6 Å². The molecule has 0 saturated heterocycles. The number of nitrogens with one attached hydrogen (secondary N) is 1. The summed E-state index contributed by atoms with van der Waals surface area (Å²) < 4.78 is 31.7. The molecule has 0 spiro atoms. The molecule has 9 heteroatoms. The first-order chi connectivity index (χ1) is 9.45. The van der Waals surface area contributed by atoms with E-state index in [1.54, 1.807) is 0 Å². The molecule has 1 saturated carbocycles. The molecule has 0 amide bonds. The SMILES string of the molecule is COC(=O)c1ncsc1S(=O)(=O)NC1CCCCC1N. The van der Waals surface area contributed by atoms with Crippen LogP contribution in [-0.2, 0) is 14.8 Å². The van der Waals surface area contributed by atoms with Gasteiger partial charge in [0.05, 0.1) is 12.6 Å². The van der Waals surface area contributed by atoms with E-state index in [-0.39, 0.29) is 22.0 Å². The fourth-order valence-electron chi connectivity index (χ4n) is 2.22. The van der Waals surface area contributed by atoms with E-state index < -0.39 is 16.0 Å². The van der Waals surface area contributed by atoms with E-state index in [4.69, 9.17) is 5.73 Å². The standard InChI is InChI=1S/C11H17N3O4S2/c1-18-10(15)9-11(19-6-13-9)20(16,17)14-8-5-3-2-4-7(8)12/h6-8,14H,2-5,12H2,1H3. The van der Waals surface area contributed by atoms with E-state index >= 15 is 0 Å². The lowest BCUT2D eigenvalue weighted by Gasteiger charge is -2.28. The van der Waals surface area contributed by atoms with Crippen LogP contribution < -0.4 is 10.5 Å². The molecule has 3 N–H and O–H groups in total. The normalized spacial score (nSPS) is 23.5. The number of sulfonamides is 1. The summed E-state index contributed by atoms with van der Waals surface area (Å²) in [5.74, 6) is -0.764. The van der Waals surface area contributed by atoms with Crippen LogP contribution in [0.5, 0.6) is 0 Å². The Bertz CT molecular complexity index is 584. The van der Waals surface area contributed by atoms with Crippen molar-refractivity contribution in [2.45, 2.75) is 42.0 Å². The van der Waals surface area contributed by atoms with Crippen LogP contribution in [0, 0.1) is 0 Å². The number of rotatable bonds is 4. The molecule has 2 atom stereocenters. The third-order valence-corrected chi connectivity index (χ3v) is 6.14. The summed E-state index contributed by atoms with van der Waals surface area (Å²) in [5.41, 5.74) is 7.05. The summed E-state index contributed by atoms with van der Waals surface area (Å²) in [6, 6.07) is -0.505. The maximum atomic E-state index is 12.3. The summed E-state index contributed by atoms with van der Waals surface area (Å²) in [6.45, 7) is 0. The van der Waals surface area contributed by atoms with Gasteiger partial charge in [-0.15, -0.1) is 11.3 Å². The lowest BCUT2D eigenvalue weighted by Crippen LogP contribution is -2.49. The number of methoxy groups -OCH3 is 1. The molecule has 0 bridgehead atoms. The molecule has 2 rings (SSSR count). The molecule has 1 aromatic rings. The molecule has 0 radical (unpaired) electrons. The molecule has 112 valence electrons. The predicted molar refractivity (Wildman–Crippen MR) is 74.0 cm³/mol. The summed E-state index contributed by atoms with van der Waals surface area (Å²) in [7, 11) is -2.63. The molecule has 1 aliphatic rings. The van der Waals surface area contributed by atoms with Gasteiger partial charge in [0.2, 0.25) is 0 Å². The Morgan fingerprint density at radius 3 is 2.85 bits per heavy atom. The van der Waals surface area contributed by atoms with Gasteiger partial charge >= 0.3 is 5.97 Å². The maximum absolute atomic E-state index is 12.3. The second kappa shape index (κ2) is 6.17. The van der Waals surface area contributed by atoms with Gasteiger partial charge in [-0.3, -0.25) is 0 Å². The molecular weight excluding hydrogens is 302 g/mol. The predicted octanol–water partition coefficient (Wildman–Crippen LogP) is 0.478. The molecule has 20 heavy (non-hydrogen) atoms. The highest BCUT2D eigenvalue weighted by atomic mass is 32.2. The number of nitrogens with two attached hydrogens (primary N) is 1. The zero-order chi connectivity index (χ0) is 14.8. The van der Waals surface area contributed by atoms with Crippen molar-refractivity contribution >= 4 is 27.3 Å². The Morgan fingerprint density at radius 2 is 2.20 bits per heavy atom. The number of ether oxygens (including phenoxy) is 1. The van der Waals surface area contributed by atoms with Gasteiger partial charge < -0.3 is 10.5 Å². The average molecular weight is 319 g/mol. The minimum absolute atomic E-state index is 0.123. The fourth-order valence-corrected chi connectivity index (χ4v) is 4.69. The quantitative estimate of drug-likeness (QED) is 0.781. The maximum Gasteiger partial charge on any atom is 0.358 e. The van der Waals surface area contributed by atoms with E-state index in [1.807, 2.05) is 0 Å². The topological polar surface area (TPSA) is 111 Å². The van der Waals surface area contributed by atoms with Gasteiger partial charge in [-0.2, -0.15) is 0 Å². The Labute approximate surface area is 121 Å². The molecular formula is C11H17N3O4S2. The van der Waals surface area contributed by atoms with E-state index in [0.717, 1.165) is 30.6 Å². The number of esters is 1. The van der Waals surface area contributed by atoms with Gasteiger partial charge in [0, 0.05) is 12.1 Å². The summed E-state index contributed by atoms with van der Waals surface area (Å²) >= 11 is 0.887. The fraction of sp³-hybridized carbons (Fsp3) is 0.636. The van der Waals surface area contributed by atoms with Gasteiger partial charge in [-0.1, -0.05) is 12.8 Å². The molecule has 1 heterocycles. The second-order valence-corrected chi connectivity index (χ2v) is 7.42. The number of carbonyl (C=O) groups excluding carboxylic acids is 1. The van der Waals surface area contributed by atoms with Crippen LogP contribution in [0.4, 0.5) is 0 Å². The highest BCUT2D eigenvalue weighted by Gasteiger charge is 2.31. The smallest absolute Gasteiger partial charge is 0.358 e. The van der Waals surface area contributed by atoms with Crippen LogP contribution in [0.25, 0.3) is 0 Å². The van der Waals surface area contributed by atoms with Crippen molar-refractivity contribution in [1.82, 2.24) is 9.71 Å². The molecule has 1 fully saturated rings. The molecule has 2 unspecified atom stereocenters. The lowest BCUT2D eigenvalue weighted by molar-refractivity contribution is 0.0590. The van der Waals surface area contributed by atoms with Crippen molar-refractivity contribution in [1.29, 1.82) is 0 Å². The molecule has 1 aliphatic carbocycles. The number of thiazole rings is 1. The first-order valence-corrected chi connectivity index (χ1v) is 8.61. The number of hydrogen-bond donors (Lipinski definition) is 2. The zero-order valence-electron chi connectivity index (χ0n) is 11.0. The van der Waals surface area contributed by atoms with Crippen molar-refractivity contribution in [2.75, 3.05) is 7.11 Å². The number of nitrogens with zero attached hydrogens (tertiary/aromatic N) is 1. The van der Waals surface area contributed by atoms with Gasteiger partial charge in [0.15, 0.2) is 9.90 Å². The second-order valence-electron chi connectivity index (χ2n) is 4.66. The summed E-state index contributed by atoms with van der Waals surface area (Å²) in [4.78, 5) is 15.3. The van der Waals surface area contributed by atoms with E-state index in [0.29, 0.717) is 6.42 Å². The highest BCUT2D eigenvalue weighted by molar-refractivity contribution is 7.91. The van der Waals surface area contributed by atoms with Crippen LogP contribution in [0.3, 0.4) is 0 Å². The first kappa shape index (κ1) is 15.4. The van der Waals surface area contributed by atoms with Crippen molar-refractivity contribution < 1.29 is 17.9 Å². The molecule has 7 nitrogen and oxygen atoms in total. The zero-order valence-corrected chi connectivity index (χ0v) is 12.7. The van der Waals surface area contributed by atoms with E-state index in [2.05, 4.69) is 14.4 Å². The Balaban J connectivity index is 2.22. The van der Waals surface area contributed by atoms with Gasteiger partial charge in [-0.05, 0) is 12.8 Å². The van der Waals surface area contributed by atoms with Crippen LogP contribution in [0.15, 0.2) is 9.72 Å². The van der Waals surface area contributed by atoms with Crippen LogP contribution in [0.1, 0.15) is 36.2 Å². The minimum atomic E-state index is -3.81. The Hall–Kier alpha value is -1.03. The summed E-state index contributed by atoms with van der Waals surface area (Å²) in [6.07, 6.45) is 3.44. The number of carbonyl (C=O) groups is 1. The third-order valence-electron chi connectivity index (χ3n) is 3.28. The molecule has 0 aliphatic heterocycles. The van der Waals surface area contributed by atoms with Gasteiger partial charge in [-0.25, -0.2) is 22.9 Å². The van der Waals surface area contributed by atoms with Crippen LogP contribution in [0.2, 0.25) is 0 Å². The highest BCUT2D eigenvalue weighted by Crippen LogP contribution is 2.24. The van der Waals surface area contributed by atoms with Crippen molar-refractivity contribution in [2.24, 2.45) is 5.73 Å². The monoisotopic (exact) mass is 319 g/mol. The van der Waals surface area contributed by atoms with Crippen molar-refractivity contribution in [3.8, 4) is 0 Å². The van der Waals surface area contributed by atoms with Crippen LogP contribution >= 0.6 is 11.3 Å². The number of hydrogen-bond acceptors (Lipinski definition) is 7. The first-order valence-electron chi connectivity index (χ1n) is 6.25. The third kappa shape index (κ3) is 3.17. The Kier molecular flexibility index (Phi) is 4.74. The number of aromatic nitrogens is 1. The van der Waals surface area contributed by atoms with Gasteiger partial charge in [0.25, 0.3) is 10.0 Å². The minimum Gasteiger partial charge on any atom is -0.464 e. The molecule has 0 aromatic carbocycles. The van der Waals surface area contributed by atoms with Gasteiger partial charge in [0.1, 0.15) is 0 Å². The summed E-state index contributed by atoms with van der Waals surface area (Å²) in [5, 5.41) is 0.